The van der Waals surface area contributed by atoms with Crippen molar-refractivity contribution in [2.45, 2.75) is 38.2 Å². The number of halogens is 2. The Bertz CT molecular complexity index is 603. The second-order valence-electron chi connectivity index (χ2n) is 5.58. The summed E-state index contributed by atoms with van der Waals surface area (Å²) in [7, 11) is 0. The monoisotopic (exact) mass is 412 g/mol. The summed E-state index contributed by atoms with van der Waals surface area (Å²) in [4.78, 5) is 0. The van der Waals surface area contributed by atoms with Crippen LogP contribution in [0.15, 0.2) is 42.5 Å². The van der Waals surface area contributed by atoms with Gasteiger partial charge in [-0.15, -0.1) is 0 Å². The molecule has 0 atom stereocenters. The van der Waals surface area contributed by atoms with E-state index < -0.39 is 0 Å². The first-order chi connectivity index (χ1) is 10.2. The lowest BCUT2D eigenvalue weighted by molar-refractivity contribution is 0.210. The molecule has 0 aliphatic heterocycles. The molecule has 2 aromatic carbocycles. The zero-order valence-corrected chi connectivity index (χ0v) is 14.7. The Hall–Kier alpha value is -0.740. The lowest BCUT2D eigenvalue weighted by Crippen LogP contribution is -2.10. The van der Waals surface area contributed by atoms with Crippen LogP contribution in [0.4, 0.5) is 0 Å². The van der Waals surface area contributed by atoms with E-state index in [0.717, 1.165) is 17.2 Å². The van der Waals surface area contributed by atoms with Crippen molar-refractivity contribution < 1.29 is 4.74 Å². The van der Waals surface area contributed by atoms with Crippen LogP contribution in [-0.4, -0.2) is 6.10 Å². The minimum absolute atomic E-state index is 0.418. The lowest BCUT2D eigenvalue weighted by atomic mass is 10.0. The summed E-state index contributed by atoms with van der Waals surface area (Å²) < 4.78 is 7.21. The summed E-state index contributed by atoms with van der Waals surface area (Å²) in [6, 6.07) is 14.6. The minimum Gasteiger partial charge on any atom is -0.490 e. The van der Waals surface area contributed by atoms with Gasteiger partial charge in [-0.3, -0.25) is 0 Å². The zero-order valence-electron chi connectivity index (χ0n) is 11.8. The molecule has 0 saturated heterocycles. The van der Waals surface area contributed by atoms with Crippen LogP contribution in [0.5, 0.6) is 5.75 Å². The Balaban J connectivity index is 1.67. The summed E-state index contributed by atoms with van der Waals surface area (Å²) in [5, 5.41) is 0.835. The van der Waals surface area contributed by atoms with E-state index in [1.807, 2.05) is 12.1 Å². The van der Waals surface area contributed by atoms with Crippen LogP contribution < -0.4 is 4.74 Å². The van der Waals surface area contributed by atoms with Gasteiger partial charge >= 0.3 is 0 Å². The fraction of sp³-hybridized carbons (Fsp3) is 0.333. The van der Waals surface area contributed by atoms with Gasteiger partial charge in [-0.05, 0) is 96.2 Å². The van der Waals surface area contributed by atoms with Gasteiger partial charge in [-0.2, -0.15) is 0 Å². The maximum atomic E-state index is 6.26. The third-order valence-electron chi connectivity index (χ3n) is 3.93. The van der Waals surface area contributed by atoms with Crippen molar-refractivity contribution in [1.82, 2.24) is 0 Å². The predicted octanol–water partition coefficient (Wildman–Crippen LogP) is 5.86. The molecule has 0 aromatic heterocycles. The van der Waals surface area contributed by atoms with E-state index in [9.17, 15) is 0 Å². The van der Waals surface area contributed by atoms with Gasteiger partial charge in [0.15, 0.2) is 0 Å². The summed E-state index contributed by atoms with van der Waals surface area (Å²) in [5.41, 5.74) is 2.44. The van der Waals surface area contributed by atoms with Crippen molar-refractivity contribution in [3.63, 3.8) is 0 Å². The molecule has 2 aromatic rings. The van der Waals surface area contributed by atoms with Crippen molar-refractivity contribution in [2.24, 2.45) is 0 Å². The number of hydrogen-bond donors (Lipinski definition) is 0. The van der Waals surface area contributed by atoms with Crippen LogP contribution in [0.2, 0.25) is 5.02 Å². The van der Waals surface area contributed by atoms with Gasteiger partial charge in [-0.25, -0.2) is 0 Å². The average Bonchev–Trinajstić information content (AvgIpc) is 2.98. The van der Waals surface area contributed by atoms with E-state index >= 15 is 0 Å². The van der Waals surface area contributed by atoms with Crippen molar-refractivity contribution >= 4 is 34.2 Å². The van der Waals surface area contributed by atoms with Gasteiger partial charge in [0.05, 0.1) is 6.10 Å². The average molecular weight is 413 g/mol. The lowest BCUT2D eigenvalue weighted by Gasteiger charge is -2.13. The first-order valence-electron chi connectivity index (χ1n) is 7.40. The molecule has 1 saturated carbocycles. The fourth-order valence-corrected chi connectivity index (χ4v) is 3.52. The number of benzene rings is 2. The predicted molar refractivity (Wildman–Crippen MR) is 96.3 cm³/mol. The Morgan fingerprint density at radius 3 is 2.48 bits per heavy atom. The highest BCUT2D eigenvalue weighted by atomic mass is 127. The van der Waals surface area contributed by atoms with Crippen molar-refractivity contribution in [1.29, 1.82) is 0 Å². The molecule has 0 radical (unpaired) electrons. The molecule has 21 heavy (non-hydrogen) atoms. The van der Waals surface area contributed by atoms with Crippen LogP contribution in [0.1, 0.15) is 36.8 Å². The summed E-state index contributed by atoms with van der Waals surface area (Å²) in [5.74, 6) is 0.986. The maximum Gasteiger partial charge on any atom is 0.119 e. The molecular formula is C18H18ClIO. The number of ether oxygens (including phenoxy) is 1. The molecule has 0 amide bonds. The van der Waals surface area contributed by atoms with Gasteiger partial charge < -0.3 is 4.74 Å². The second-order valence-corrected chi connectivity index (χ2v) is 7.23. The van der Waals surface area contributed by atoms with E-state index in [1.54, 1.807) is 0 Å². The molecule has 0 heterocycles. The molecular weight excluding hydrogens is 395 g/mol. The molecule has 0 bridgehead atoms. The Morgan fingerprint density at radius 2 is 1.76 bits per heavy atom. The van der Waals surface area contributed by atoms with Crippen LogP contribution in [0, 0.1) is 3.57 Å². The molecule has 110 valence electrons. The minimum atomic E-state index is 0.418. The SMILES string of the molecule is Clc1ccc(I)cc1Cc1ccc(OC2CCCC2)cc1. The molecule has 3 heteroatoms. The van der Waals surface area contributed by atoms with Gasteiger partial charge in [0.2, 0.25) is 0 Å². The molecule has 0 spiro atoms. The topological polar surface area (TPSA) is 9.23 Å². The van der Waals surface area contributed by atoms with E-state index in [4.69, 9.17) is 16.3 Å². The summed E-state index contributed by atoms with van der Waals surface area (Å²) in [6.45, 7) is 0. The highest BCUT2D eigenvalue weighted by Crippen LogP contribution is 2.26. The Labute approximate surface area is 144 Å². The third kappa shape index (κ3) is 4.13. The van der Waals surface area contributed by atoms with Crippen LogP contribution in [-0.2, 0) is 6.42 Å². The van der Waals surface area contributed by atoms with Gasteiger partial charge in [0.25, 0.3) is 0 Å². The number of hydrogen-bond acceptors (Lipinski definition) is 1. The van der Waals surface area contributed by atoms with E-state index in [2.05, 4.69) is 52.9 Å². The van der Waals surface area contributed by atoms with Crippen molar-refractivity contribution in [2.75, 3.05) is 0 Å². The van der Waals surface area contributed by atoms with Crippen molar-refractivity contribution in [3.8, 4) is 5.75 Å². The van der Waals surface area contributed by atoms with Gasteiger partial charge in [0.1, 0.15) is 5.75 Å². The molecule has 3 rings (SSSR count). The highest BCUT2D eigenvalue weighted by molar-refractivity contribution is 14.1. The second kappa shape index (κ2) is 7.01. The van der Waals surface area contributed by atoms with Crippen LogP contribution in [0.25, 0.3) is 0 Å². The third-order valence-corrected chi connectivity index (χ3v) is 4.97. The Morgan fingerprint density at radius 1 is 1.05 bits per heavy atom. The molecule has 1 nitrogen and oxygen atoms in total. The van der Waals surface area contributed by atoms with Crippen LogP contribution >= 0.6 is 34.2 Å². The molecule has 1 aliphatic carbocycles. The maximum absolute atomic E-state index is 6.26. The van der Waals surface area contributed by atoms with E-state index in [1.165, 1.54) is 40.4 Å². The summed E-state index contributed by atoms with van der Waals surface area (Å²) in [6.07, 6.45) is 6.27. The molecule has 0 N–H and O–H groups in total. The number of rotatable bonds is 4. The zero-order chi connectivity index (χ0) is 14.7. The fourth-order valence-electron chi connectivity index (χ4n) is 2.78. The van der Waals surface area contributed by atoms with E-state index in [-0.39, 0.29) is 0 Å². The normalized spacial score (nSPS) is 15.3. The molecule has 1 aliphatic rings. The van der Waals surface area contributed by atoms with Crippen LogP contribution in [0.3, 0.4) is 0 Å². The van der Waals surface area contributed by atoms with Gasteiger partial charge in [-0.1, -0.05) is 23.7 Å². The smallest absolute Gasteiger partial charge is 0.119 e. The standard InChI is InChI=1S/C18H18ClIO/c19-18-10-7-15(20)12-14(18)11-13-5-8-17(9-6-13)21-16-3-1-2-4-16/h5-10,12,16H,1-4,11H2. The molecule has 0 unspecified atom stereocenters. The highest BCUT2D eigenvalue weighted by Gasteiger charge is 2.16. The first-order valence-corrected chi connectivity index (χ1v) is 8.86. The largest absolute Gasteiger partial charge is 0.490 e. The van der Waals surface area contributed by atoms with Gasteiger partial charge in [0, 0.05) is 8.59 Å². The quantitative estimate of drug-likeness (QED) is 0.572. The molecule has 1 fully saturated rings. The first kappa shape index (κ1) is 15.2. The summed E-state index contributed by atoms with van der Waals surface area (Å²) >= 11 is 8.58. The van der Waals surface area contributed by atoms with Crippen molar-refractivity contribution in [3.05, 3.63) is 62.2 Å². The van der Waals surface area contributed by atoms with E-state index in [0.29, 0.717) is 6.10 Å². The Kier molecular flexibility index (Phi) is 5.07.